The Bertz CT molecular complexity index is 264. The van der Waals surface area contributed by atoms with Crippen molar-refractivity contribution in [2.24, 2.45) is 0 Å². The van der Waals surface area contributed by atoms with Gasteiger partial charge in [0.15, 0.2) is 6.20 Å². The van der Waals surface area contributed by atoms with E-state index in [1.807, 2.05) is 0 Å². The Labute approximate surface area is 87.2 Å². The number of aromatic nitrogens is 1. The first-order valence-corrected chi connectivity index (χ1v) is 3.27. The maximum atomic E-state index is 10.7. The molecular formula is C7H7ClINO. The molecule has 0 bridgehead atoms. The minimum atomic E-state index is -0.0781. The molecule has 0 aliphatic rings. The summed E-state index contributed by atoms with van der Waals surface area (Å²) in [5.74, 6) is -0.0781. The average Bonchev–Trinajstić information content (AvgIpc) is 1.88. The van der Waals surface area contributed by atoms with E-state index in [9.17, 15) is 4.79 Å². The molecule has 1 rings (SSSR count). The number of carbonyl (C=O) groups excluding carboxylic acids is 1. The van der Waals surface area contributed by atoms with Crippen LogP contribution in [0.5, 0.6) is 0 Å². The number of nitrogens with zero attached hydrogens (tertiary/aromatic N) is 1. The van der Waals surface area contributed by atoms with Gasteiger partial charge in [0.2, 0.25) is 0 Å². The van der Waals surface area contributed by atoms with Gasteiger partial charge in [-0.15, -0.1) is 4.57 Å². The summed E-state index contributed by atoms with van der Waals surface area (Å²) in [6.07, 6.45) is 1.63. The fraction of sp³-hybridized carbons (Fsp3) is 0.143. The quantitative estimate of drug-likeness (QED) is 0.316. The highest BCUT2D eigenvalue weighted by Crippen LogP contribution is 1.97. The molecule has 0 aliphatic carbocycles. The minimum Gasteiger partial charge on any atom is -1.00 e. The van der Waals surface area contributed by atoms with Crippen LogP contribution in [0.3, 0.4) is 0 Å². The summed E-state index contributed by atoms with van der Waals surface area (Å²) in [4.78, 5) is 10.7. The third kappa shape index (κ3) is 2.75. The number of carbonyl (C=O) groups is 1. The molecule has 0 aromatic carbocycles. The highest BCUT2D eigenvalue weighted by Gasteiger charge is 2.10. The Morgan fingerprint density at radius 3 is 2.55 bits per heavy atom. The van der Waals surface area contributed by atoms with E-state index in [2.05, 4.69) is 0 Å². The Balaban J connectivity index is 0.000001000. The number of pyridine rings is 1. The van der Waals surface area contributed by atoms with Crippen molar-refractivity contribution < 1.29 is 33.3 Å². The van der Waals surface area contributed by atoms with Crippen LogP contribution in [0.15, 0.2) is 24.4 Å². The van der Waals surface area contributed by atoms with Crippen LogP contribution in [-0.2, 0) is 0 Å². The van der Waals surface area contributed by atoms with E-state index in [1.54, 1.807) is 24.4 Å². The van der Waals surface area contributed by atoms with Crippen LogP contribution in [0.2, 0.25) is 5.15 Å². The van der Waals surface area contributed by atoms with Crippen molar-refractivity contribution in [3.05, 3.63) is 29.5 Å². The van der Waals surface area contributed by atoms with Gasteiger partial charge in [0.05, 0.1) is 6.92 Å². The molecule has 0 saturated heterocycles. The van der Waals surface area contributed by atoms with E-state index >= 15 is 0 Å². The molecule has 1 heterocycles. The summed E-state index contributed by atoms with van der Waals surface area (Å²) < 4.78 is 1.38. The number of halogens is 2. The summed E-state index contributed by atoms with van der Waals surface area (Å²) in [5, 5.41) is 0.440. The second-order valence-corrected chi connectivity index (χ2v) is 2.30. The summed E-state index contributed by atoms with van der Waals surface area (Å²) >= 11 is 5.66. The first kappa shape index (κ1) is 10.8. The van der Waals surface area contributed by atoms with Crippen LogP contribution < -0.4 is 28.5 Å². The van der Waals surface area contributed by atoms with Crippen molar-refractivity contribution in [2.75, 3.05) is 0 Å². The van der Waals surface area contributed by atoms with Crippen LogP contribution in [0.4, 0.5) is 0 Å². The Morgan fingerprint density at radius 1 is 1.55 bits per heavy atom. The lowest BCUT2D eigenvalue weighted by molar-refractivity contribution is -0.570. The lowest BCUT2D eigenvalue weighted by atomic mass is 10.5. The molecular weight excluding hydrogens is 276 g/mol. The SMILES string of the molecule is CC(=O)[n+]1ccccc1Cl.[I-]. The smallest absolute Gasteiger partial charge is 0.390 e. The maximum absolute atomic E-state index is 10.7. The topological polar surface area (TPSA) is 20.9 Å². The molecule has 1 aromatic rings. The summed E-state index contributed by atoms with van der Waals surface area (Å²) in [7, 11) is 0. The molecule has 0 N–H and O–H groups in total. The van der Waals surface area contributed by atoms with E-state index in [0.29, 0.717) is 5.15 Å². The lowest BCUT2D eigenvalue weighted by Gasteiger charge is -1.88. The van der Waals surface area contributed by atoms with Gasteiger partial charge in [-0.25, -0.2) is 4.79 Å². The van der Waals surface area contributed by atoms with Gasteiger partial charge in [0, 0.05) is 12.1 Å². The molecule has 1 aromatic heterocycles. The van der Waals surface area contributed by atoms with Gasteiger partial charge in [0.1, 0.15) is 0 Å². The summed E-state index contributed by atoms with van der Waals surface area (Å²) in [5.41, 5.74) is 0. The highest BCUT2D eigenvalue weighted by atomic mass is 127. The number of rotatable bonds is 0. The molecule has 60 valence electrons. The summed E-state index contributed by atoms with van der Waals surface area (Å²) in [6.45, 7) is 1.46. The fourth-order valence-corrected chi connectivity index (χ4v) is 0.926. The number of hydrogen-bond acceptors (Lipinski definition) is 1. The van der Waals surface area contributed by atoms with Gasteiger partial charge in [-0.05, 0) is 17.7 Å². The zero-order valence-electron chi connectivity index (χ0n) is 5.92. The zero-order chi connectivity index (χ0) is 7.56. The maximum Gasteiger partial charge on any atom is 0.390 e. The van der Waals surface area contributed by atoms with Crippen LogP contribution in [0.1, 0.15) is 11.7 Å². The molecule has 0 unspecified atom stereocenters. The molecule has 0 spiro atoms. The van der Waals surface area contributed by atoms with Gasteiger partial charge in [-0.1, -0.05) is 0 Å². The average molecular weight is 283 g/mol. The molecule has 0 aliphatic heterocycles. The van der Waals surface area contributed by atoms with E-state index in [1.165, 1.54) is 11.5 Å². The Morgan fingerprint density at radius 2 is 2.18 bits per heavy atom. The second kappa shape index (κ2) is 4.66. The molecule has 0 atom stereocenters. The van der Waals surface area contributed by atoms with Gasteiger partial charge >= 0.3 is 5.91 Å². The van der Waals surface area contributed by atoms with Gasteiger partial charge in [-0.2, -0.15) is 0 Å². The molecule has 0 saturated carbocycles. The van der Waals surface area contributed by atoms with Crippen LogP contribution in [0.25, 0.3) is 0 Å². The minimum absolute atomic E-state index is 0. The molecule has 11 heavy (non-hydrogen) atoms. The molecule has 2 nitrogen and oxygen atoms in total. The van der Waals surface area contributed by atoms with Crippen LogP contribution in [-0.4, -0.2) is 5.91 Å². The van der Waals surface area contributed by atoms with Crippen LogP contribution >= 0.6 is 11.6 Å². The predicted molar refractivity (Wildman–Crippen MR) is 37.9 cm³/mol. The first-order chi connectivity index (χ1) is 4.72. The lowest BCUT2D eigenvalue weighted by Crippen LogP contribution is -3.00. The number of hydrogen-bond donors (Lipinski definition) is 0. The van der Waals surface area contributed by atoms with Gasteiger partial charge < -0.3 is 24.0 Å². The van der Waals surface area contributed by atoms with Crippen molar-refractivity contribution in [3.63, 3.8) is 0 Å². The monoisotopic (exact) mass is 283 g/mol. The largest absolute Gasteiger partial charge is 1.00 e. The first-order valence-electron chi connectivity index (χ1n) is 2.89. The van der Waals surface area contributed by atoms with Crippen molar-refractivity contribution in [1.29, 1.82) is 0 Å². The van der Waals surface area contributed by atoms with Gasteiger partial charge in [0.25, 0.3) is 5.15 Å². The van der Waals surface area contributed by atoms with E-state index in [4.69, 9.17) is 11.6 Å². The molecule has 0 amide bonds. The fourth-order valence-electron chi connectivity index (χ4n) is 0.678. The van der Waals surface area contributed by atoms with E-state index in [-0.39, 0.29) is 29.9 Å². The Hall–Kier alpha value is -0.160. The molecule has 0 radical (unpaired) electrons. The predicted octanol–water partition coefficient (Wildman–Crippen LogP) is -1.71. The second-order valence-electron chi connectivity index (χ2n) is 1.91. The standard InChI is InChI=1S/C7H7ClNO.HI/c1-6(10)9-5-3-2-4-7(9)8;/h2-5H,1H3;1H/q+1;/p-1. The third-order valence-electron chi connectivity index (χ3n) is 1.15. The van der Waals surface area contributed by atoms with E-state index in [0.717, 1.165) is 0 Å². The van der Waals surface area contributed by atoms with E-state index < -0.39 is 0 Å². The third-order valence-corrected chi connectivity index (χ3v) is 1.46. The van der Waals surface area contributed by atoms with Crippen molar-refractivity contribution in [3.8, 4) is 0 Å². The normalized spacial score (nSPS) is 8.55. The molecule has 4 heteroatoms. The van der Waals surface area contributed by atoms with Gasteiger partial charge in [-0.3, -0.25) is 0 Å². The van der Waals surface area contributed by atoms with Crippen molar-refractivity contribution >= 4 is 17.5 Å². The van der Waals surface area contributed by atoms with Crippen molar-refractivity contribution in [2.45, 2.75) is 6.92 Å². The summed E-state index contributed by atoms with van der Waals surface area (Å²) in [6, 6.07) is 5.21. The van der Waals surface area contributed by atoms with Crippen LogP contribution in [0, 0.1) is 0 Å². The molecule has 0 fully saturated rings. The van der Waals surface area contributed by atoms with Crippen molar-refractivity contribution in [1.82, 2.24) is 0 Å². The highest BCUT2D eigenvalue weighted by molar-refractivity contribution is 6.28. The zero-order valence-corrected chi connectivity index (χ0v) is 8.83. The Kier molecular flexibility index (Phi) is 4.60.